The lowest BCUT2D eigenvalue weighted by atomic mass is 9.86. The zero-order chi connectivity index (χ0) is 16.6. The highest BCUT2D eigenvalue weighted by Gasteiger charge is 2.25. The van der Waals surface area contributed by atoms with Crippen LogP contribution in [0.1, 0.15) is 25.7 Å². The van der Waals surface area contributed by atoms with Crippen molar-refractivity contribution >= 4 is 38.8 Å². The van der Waals surface area contributed by atoms with Crippen LogP contribution in [0.15, 0.2) is 21.5 Å². The Kier molecular flexibility index (Phi) is 4.34. The van der Waals surface area contributed by atoms with E-state index in [9.17, 15) is 9.59 Å². The number of primary amides is 1. The van der Waals surface area contributed by atoms with Crippen molar-refractivity contribution in [2.24, 2.45) is 18.7 Å². The molecule has 0 aliphatic heterocycles. The van der Waals surface area contributed by atoms with Gasteiger partial charge in [-0.2, -0.15) is 4.98 Å². The van der Waals surface area contributed by atoms with E-state index in [-0.39, 0.29) is 23.4 Å². The van der Waals surface area contributed by atoms with Crippen LogP contribution < -0.4 is 16.6 Å². The second-order valence-corrected chi connectivity index (χ2v) is 6.78. The Labute approximate surface area is 141 Å². The third-order valence-electron chi connectivity index (χ3n) is 4.37. The number of fused-ring (bicyclic) bond motifs is 1. The molecule has 122 valence electrons. The number of carbonyl (C=O) groups excluding carboxylic acids is 1. The highest BCUT2D eigenvalue weighted by atomic mass is 79.9. The van der Waals surface area contributed by atoms with Gasteiger partial charge in [0.25, 0.3) is 5.56 Å². The SMILES string of the molecule is Cn1c(=O)c(Br)cc2cnc(N[C@H]3CC[C@H](C(N)=O)CC3)nc21. The minimum Gasteiger partial charge on any atom is -0.369 e. The summed E-state index contributed by atoms with van der Waals surface area (Å²) in [6.45, 7) is 0. The summed E-state index contributed by atoms with van der Waals surface area (Å²) in [6, 6.07) is 1.94. The van der Waals surface area contributed by atoms with Gasteiger partial charge in [0.2, 0.25) is 11.9 Å². The van der Waals surface area contributed by atoms with Crippen LogP contribution in [0.4, 0.5) is 5.95 Å². The molecule has 0 atom stereocenters. The first-order chi connectivity index (χ1) is 11.0. The van der Waals surface area contributed by atoms with Crippen LogP contribution in [0.3, 0.4) is 0 Å². The molecule has 0 aromatic carbocycles. The van der Waals surface area contributed by atoms with E-state index in [1.165, 1.54) is 4.57 Å². The van der Waals surface area contributed by atoms with Crippen LogP contribution in [0.5, 0.6) is 0 Å². The molecular formula is C15H18BrN5O2. The summed E-state index contributed by atoms with van der Waals surface area (Å²) < 4.78 is 1.98. The third-order valence-corrected chi connectivity index (χ3v) is 4.94. The molecule has 2 heterocycles. The quantitative estimate of drug-likeness (QED) is 0.841. The van der Waals surface area contributed by atoms with Gasteiger partial charge in [-0.25, -0.2) is 4.98 Å². The number of halogens is 1. The van der Waals surface area contributed by atoms with Gasteiger partial charge in [0.15, 0.2) is 0 Å². The molecule has 1 aliphatic carbocycles. The number of pyridine rings is 1. The summed E-state index contributed by atoms with van der Waals surface area (Å²) >= 11 is 3.24. The zero-order valence-electron chi connectivity index (χ0n) is 12.8. The number of hydrogen-bond acceptors (Lipinski definition) is 5. The Hall–Kier alpha value is -1.96. The van der Waals surface area contributed by atoms with Gasteiger partial charge in [0, 0.05) is 30.6 Å². The Morgan fingerprint density at radius 3 is 2.74 bits per heavy atom. The molecule has 0 spiro atoms. The largest absolute Gasteiger partial charge is 0.369 e. The molecule has 3 rings (SSSR count). The molecule has 23 heavy (non-hydrogen) atoms. The number of amides is 1. The summed E-state index contributed by atoms with van der Waals surface area (Å²) in [5.41, 5.74) is 5.80. The van der Waals surface area contributed by atoms with Crippen molar-refractivity contribution in [3.05, 3.63) is 27.1 Å². The smallest absolute Gasteiger partial charge is 0.266 e. The molecule has 3 N–H and O–H groups in total. The van der Waals surface area contributed by atoms with Crippen molar-refractivity contribution in [1.82, 2.24) is 14.5 Å². The molecular weight excluding hydrogens is 362 g/mol. The minimum absolute atomic E-state index is 0.0243. The van der Waals surface area contributed by atoms with Gasteiger partial charge in [-0.05, 0) is 47.7 Å². The third kappa shape index (κ3) is 3.21. The van der Waals surface area contributed by atoms with Gasteiger partial charge in [-0.1, -0.05) is 0 Å². The van der Waals surface area contributed by atoms with Crippen LogP contribution in [0.25, 0.3) is 11.0 Å². The zero-order valence-corrected chi connectivity index (χ0v) is 14.3. The van der Waals surface area contributed by atoms with Gasteiger partial charge in [0.05, 0.1) is 4.47 Å². The fraction of sp³-hybridized carbons (Fsp3) is 0.467. The summed E-state index contributed by atoms with van der Waals surface area (Å²) in [5.74, 6) is 0.257. The number of anilines is 1. The fourth-order valence-electron chi connectivity index (χ4n) is 2.98. The molecule has 1 saturated carbocycles. The number of rotatable bonds is 3. The number of aromatic nitrogens is 3. The van der Waals surface area contributed by atoms with E-state index in [1.807, 2.05) is 0 Å². The van der Waals surface area contributed by atoms with Crippen LogP contribution in [0, 0.1) is 5.92 Å². The summed E-state index contributed by atoms with van der Waals surface area (Å²) in [7, 11) is 1.68. The maximum atomic E-state index is 12.0. The lowest BCUT2D eigenvalue weighted by Gasteiger charge is -2.27. The number of nitrogens with two attached hydrogens (primary N) is 1. The molecule has 8 heteroatoms. The van der Waals surface area contributed by atoms with Crippen LogP contribution in [-0.2, 0) is 11.8 Å². The van der Waals surface area contributed by atoms with Crippen molar-refractivity contribution in [3.8, 4) is 0 Å². The maximum absolute atomic E-state index is 12.0. The molecule has 1 aliphatic rings. The lowest BCUT2D eigenvalue weighted by molar-refractivity contribution is -0.122. The molecule has 0 radical (unpaired) electrons. The number of carbonyl (C=O) groups is 1. The molecule has 7 nitrogen and oxygen atoms in total. The van der Waals surface area contributed by atoms with Crippen molar-refractivity contribution in [2.75, 3.05) is 5.32 Å². The van der Waals surface area contributed by atoms with Gasteiger partial charge >= 0.3 is 0 Å². The first kappa shape index (κ1) is 15.9. The molecule has 2 aromatic rings. The van der Waals surface area contributed by atoms with Crippen molar-refractivity contribution < 1.29 is 4.79 Å². The first-order valence-corrected chi connectivity index (χ1v) is 8.33. The van der Waals surface area contributed by atoms with E-state index < -0.39 is 0 Å². The normalized spacial score (nSPS) is 21.3. The number of nitrogens with one attached hydrogen (secondary N) is 1. The Morgan fingerprint density at radius 2 is 2.09 bits per heavy atom. The van der Waals surface area contributed by atoms with E-state index in [0.717, 1.165) is 31.1 Å². The molecule has 0 bridgehead atoms. The second kappa shape index (κ2) is 6.27. The van der Waals surface area contributed by atoms with Crippen LogP contribution >= 0.6 is 15.9 Å². The summed E-state index contributed by atoms with van der Waals surface area (Å²) in [4.78, 5) is 31.9. The fourth-order valence-corrected chi connectivity index (χ4v) is 3.49. The van der Waals surface area contributed by atoms with Crippen molar-refractivity contribution in [1.29, 1.82) is 0 Å². The molecule has 1 amide bonds. The van der Waals surface area contributed by atoms with E-state index in [2.05, 4.69) is 31.2 Å². The predicted molar refractivity (Wildman–Crippen MR) is 91.0 cm³/mol. The number of nitrogens with zero attached hydrogens (tertiary/aromatic N) is 3. The van der Waals surface area contributed by atoms with Crippen LogP contribution in [-0.4, -0.2) is 26.5 Å². The highest BCUT2D eigenvalue weighted by molar-refractivity contribution is 9.10. The predicted octanol–water partition coefficient (Wildman–Crippen LogP) is 1.55. The highest BCUT2D eigenvalue weighted by Crippen LogP contribution is 2.26. The Bertz CT molecular complexity index is 811. The number of hydrogen-bond donors (Lipinski definition) is 2. The van der Waals surface area contributed by atoms with E-state index in [4.69, 9.17) is 5.73 Å². The summed E-state index contributed by atoms with van der Waals surface area (Å²) in [5, 5.41) is 4.09. The van der Waals surface area contributed by atoms with Gasteiger partial charge < -0.3 is 11.1 Å². The topological polar surface area (TPSA) is 103 Å². The van der Waals surface area contributed by atoms with E-state index in [0.29, 0.717) is 16.1 Å². The van der Waals surface area contributed by atoms with Crippen LogP contribution in [0.2, 0.25) is 0 Å². The average molecular weight is 380 g/mol. The summed E-state index contributed by atoms with van der Waals surface area (Å²) in [6.07, 6.45) is 4.98. The first-order valence-electron chi connectivity index (χ1n) is 7.54. The molecule has 0 unspecified atom stereocenters. The van der Waals surface area contributed by atoms with Crippen molar-refractivity contribution in [3.63, 3.8) is 0 Å². The maximum Gasteiger partial charge on any atom is 0.266 e. The van der Waals surface area contributed by atoms with Gasteiger partial charge in [-0.3, -0.25) is 14.2 Å². The average Bonchev–Trinajstić information content (AvgIpc) is 2.54. The van der Waals surface area contributed by atoms with Gasteiger partial charge in [0.1, 0.15) is 5.65 Å². The van der Waals surface area contributed by atoms with Gasteiger partial charge in [-0.15, -0.1) is 0 Å². The van der Waals surface area contributed by atoms with E-state index >= 15 is 0 Å². The molecule has 1 fully saturated rings. The Balaban J connectivity index is 1.79. The van der Waals surface area contributed by atoms with E-state index in [1.54, 1.807) is 19.3 Å². The van der Waals surface area contributed by atoms with Crippen molar-refractivity contribution in [2.45, 2.75) is 31.7 Å². The molecule has 0 saturated heterocycles. The molecule has 2 aromatic heterocycles. The monoisotopic (exact) mass is 379 g/mol. The lowest BCUT2D eigenvalue weighted by Crippen LogP contribution is -2.32. The Morgan fingerprint density at radius 1 is 1.39 bits per heavy atom. The minimum atomic E-state index is -0.217. The standard InChI is InChI=1S/C15H18BrN5O2/c1-21-13-9(6-11(16)14(21)23)7-18-15(20-13)19-10-4-2-8(3-5-10)12(17)22/h6-8,10H,2-5H2,1H3,(H2,17,22)(H,18,19,20)/t8-,10-. The second-order valence-electron chi connectivity index (χ2n) is 5.92. The number of aryl methyl sites for hydroxylation is 1.